The van der Waals surface area contributed by atoms with E-state index in [4.69, 9.17) is 4.74 Å². The molecular weight excluding hydrogens is 302 g/mol. The number of aryl methyl sites for hydroxylation is 1. The summed E-state index contributed by atoms with van der Waals surface area (Å²) in [5, 5.41) is 6.47. The van der Waals surface area contributed by atoms with Crippen LogP contribution < -0.4 is 15.4 Å². The summed E-state index contributed by atoms with van der Waals surface area (Å²) in [5.41, 5.74) is 2.71. The molecule has 2 heterocycles. The van der Waals surface area contributed by atoms with Crippen LogP contribution in [-0.4, -0.2) is 22.1 Å². The highest BCUT2D eigenvalue weighted by atomic mass is 16.5. The van der Waals surface area contributed by atoms with Crippen LogP contribution in [0.5, 0.6) is 5.75 Å². The topological polar surface area (TPSA) is 72.0 Å². The van der Waals surface area contributed by atoms with Crippen LogP contribution in [0.1, 0.15) is 11.4 Å². The van der Waals surface area contributed by atoms with Gasteiger partial charge in [-0.3, -0.25) is 4.98 Å². The van der Waals surface area contributed by atoms with Gasteiger partial charge in [0.2, 0.25) is 5.95 Å². The average Bonchev–Trinajstić information content (AvgIpc) is 2.60. The fraction of sp³-hybridized carbons (Fsp3) is 0.167. The Labute approximate surface area is 141 Å². The molecule has 6 heteroatoms. The maximum Gasteiger partial charge on any atom is 0.225 e. The van der Waals surface area contributed by atoms with Crippen molar-refractivity contribution >= 4 is 17.5 Å². The number of hydrogen-bond acceptors (Lipinski definition) is 6. The van der Waals surface area contributed by atoms with Crippen LogP contribution in [0.2, 0.25) is 0 Å². The molecule has 24 heavy (non-hydrogen) atoms. The molecule has 0 saturated heterocycles. The standard InChI is InChI=1S/C18H19N5O/c1-13-10-17(22-14-7-5-8-16(11-14)24-2)23-18(21-13)20-12-15-6-3-4-9-19-15/h3-11H,12H2,1-2H3,(H2,20,21,22,23). The predicted molar refractivity (Wildman–Crippen MR) is 94.6 cm³/mol. The Bertz CT molecular complexity index is 808. The van der Waals surface area contributed by atoms with E-state index in [9.17, 15) is 0 Å². The number of methoxy groups -OCH3 is 1. The monoisotopic (exact) mass is 321 g/mol. The lowest BCUT2D eigenvalue weighted by Crippen LogP contribution is -2.07. The summed E-state index contributed by atoms with van der Waals surface area (Å²) < 4.78 is 5.24. The molecular formula is C18H19N5O. The van der Waals surface area contributed by atoms with E-state index in [0.717, 1.165) is 28.6 Å². The molecule has 0 bridgehead atoms. The SMILES string of the molecule is COc1cccc(Nc2cc(C)nc(NCc3ccccn3)n2)c1. The van der Waals surface area contributed by atoms with E-state index in [2.05, 4.69) is 25.6 Å². The number of pyridine rings is 1. The van der Waals surface area contributed by atoms with Gasteiger partial charge in [-0.05, 0) is 31.2 Å². The quantitative estimate of drug-likeness (QED) is 0.723. The third kappa shape index (κ3) is 4.19. The van der Waals surface area contributed by atoms with Gasteiger partial charge >= 0.3 is 0 Å². The zero-order valence-electron chi connectivity index (χ0n) is 13.7. The first-order valence-electron chi connectivity index (χ1n) is 7.63. The van der Waals surface area contributed by atoms with Gasteiger partial charge in [0, 0.05) is 29.7 Å². The second kappa shape index (κ2) is 7.41. The van der Waals surface area contributed by atoms with Gasteiger partial charge < -0.3 is 15.4 Å². The third-order valence-electron chi connectivity index (χ3n) is 3.35. The lowest BCUT2D eigenvalue weighted by molar-refractivity contribution is 0.415. The number of aromatic nitrogens is 3. The minimum atomic E-state index is 0.561. The number of ether oxygens (including phenoxy) is 1. The summed E-state index contributed by atoms with van der Waals surface area (Å²) in [6.07, 6.45) is 1.77. The average molecular weight is 321 g/mol. The molecule has 2 aromatic heterocycles. The maximum atomic E-state index is 5.24. The summed E-state index contributed by atoms with van der Waals surface area (Å²) in [4.78, 5) is 13.2. The van der Waals surface area contributed by atoms with Crippen LogP contribution >= 0.6 is 0 Å². The van der Waals surface area contributed by atoms with Crippen molar-refractivity contribution in [2.45, 2.75) is 13.5 Å². The Balaban J connectivity index is 1.73. The molecule has 0 amide bonds. The summed E-state index contributed by atoms with van der Waals surface area (Å²) in [6.45, 7) is 2.51. The Kier molecular flexibility index (Phi) is 4.86. The van der Waals surface area contributed by atoms with Gasteiger partial charge in [0.1, 0.15) is 11.6 Å². The van der Waals surface area contributed by atoms with E-state index in [1.54, 1.807) is 13.3 Å². The van der Waals surface area contributed by atoms with Crippen molar-refractivity contribution in [1.82, 2.24) is 15.0 Å². The first kappa shape index (κ1) is 15.7. The van der Waals surface area contributed by atoms with Gasteiger partial charge in [0.15, 0.2) is 0 Å². The second-order valence-electron chi connectivity index (χ2n) is 5.25. The van der Waals surface area contributed by atoms with E-state index in [0.29, 0.717) is 12.5 Å². The van der Waals surface area contributed by atoms with Crippen molar-refractivity contribution in [1.29, 1.82) is 0 Å². The molecule has 3 rings (SSSR count). The number of rotatable bonds is 6. The first-order valence-corrected chi connectivity index (χ1v) is 7.63. The molecule has 0 aliphatic heterocycles. The maximum absolute atomic E-state index is 5.24. The highest BCUT2D eigenvalue weighted by Crippen LogP contribution is 2.21. The highest BCUT2D eigenvalue weighted by molar-refractivity contribution is 5.59. The van der Waals surface area contributed by atoms with E-state index in [1.807, 2.05) is 55.5 Å². The predicted octanol–water partition coefficient (Wildman–Crippen LogP) is 3.54. The Hall–Kier alpha value is -3.15. The van der Waals surface area contributed by atoms with E-state index in [1.165, 1.54) is 0 Å². The van der Waals surface area contributed by atoms with Crippen molar-refractivity contribution in [3.63, 3.8) is 0 Å². The zero-order valence-corrected chi connectivity index (χ0v) is 13.7. The van der Waals surface area contributed by atoms with Crippen molar-refractivity contribution in [3.8, 4) is 5.75 Å². The molecule has 0 radical (unpaired) electrons. The van der Waals surface area contributed by atoms with Crippen molar-refractivity contribution < 1.29 is 4.74 Å². The van der Waals surface area contributed by atoms with Gasteiger partial charge in [-0.2, -0.15) is 4.98 Å². The molecule has 0 unspecified atom stereocenters. The van der Waals surface area contributed by atoms with E-state index in [-0.39, 0.29) is 0 Å². The van der Waals surface area contributed by atoms with Gasteiger partial charge in [-0.25, -0.2) is 4.98 Å². The molecule has 0 saturated carbocycles. The van der Waals surface area contributed by atoms with Gasteiger partial charge in [-0.1, -0.05) is 12.1 Å². The van der Waals surface area contributed by atoms with E-state index < -0.39 is 0 Å². The van der Waals surface area contributed by atoms with Crippen LogP contribution in [0, 0.1) is 6.92 Å². The van der Waals surface area contributed by atoms with Crippen LogP contribution in [-0.2, 0) is 6.54 Å². The number of hydrogen-bond donors (Lipinski definition) is 2. The van der Waals surface area contributed by atoms with Crippen LogP contribution in [0.4, 0.5) is 17.5 Å². The van der Waals surface area contributed by atoms with E-state index >= 15 is 0 Å². The Morgan fingerprint density at radius 2 is 1.96 bits per heavy atom. The zero-order chi connectivity index (χ0) is 16.8. The van der Waals surface area contributed by atoms with Crippen molar-refractivity contribution in [2.24, 2.45) is 0 Å². The van der Waals surface area contributed by atoms with Crippen LogP contribution in [0.15, 0.2) is 54.7 Å². The molecule has 0 aliphatic carbocycles. The molecule has 0 fully saturated rings. The normalized spacial score (nSPS) is 10.2. The third-order valence-corrected chi connectivity index (χ3v) is 3.35. The first-order chi connectivity index (χ1) is 11.7. The fourth-order valence-electron chi connectivity index (χ4n) is 2.23. The largest absolute Gasteiger partial charge is 0.497 e. The number of benzene rings is 1. The fourth-order valence-corrected chi connectivity index (χ4v) is 2.23. The lowest BCUT2D eigenvalue weighted by Gasteiger charge is -2.10. The van der Waals surface area contributed by atoms with Crippen molar-refractivity contribution in [3.05, 3.63) is 66.1 Å². The van der Waals surface area contributed by atoms with Crippen molar-refractivity contribution in [2.75, 3.05) is 17.7 Å². The minimum Gasteiger partial charge on any atom is -0.497 e. The molecule has 122 valence electrons. The van der Waals surface area contributed by atoms with Crippen LogP contribution in [0.3, 0.4) is 0 Å². The molecule has 1 aromatic carbocycles. The smallest absolute Gasteiger partial charge is 0.225 e. The molecule has 0 atom stereocenters. The highest BCUT2D eigenvalue weighted by Gasteiger charge is 2.04. The molecule has 0 spiro atoms. The minimum absolute atomic E-state index is 0.561. The Morgan fingerprint density at radius 1 is 1.04 bits per heavy atom. The summed E-state index contributed by atoms with van der Waals surface area (Å²) in [6, 6.07) is 15.4. The lowest BCUT2D eigenvalue weighted by atomic mass is 10.3. The molecule has 0 aliphatic rings. The second-order valence-corrected chi connectivity index (χ2v) is 5.25. The van der Waals surface area contributed by atoms with Crippen LogP contribution in [0.25, 0.3) is 0 Å². The van der Waals surface area contributed by atoms with Gasteiger partial charge in [0.25, 0.3) is 0 Å². The number of nitrogens with zero attached hydrogens (tertiary/aromatic N) is 3. The molecule has 3 aromatic rings. The van der Waals surface area contributed by atoms with Gasteiger partial charge in [0.05, 0.1) is 19.3 Å². The molecule has 6 nitrogen and oxygen atoms in total. The molecule has 2 N–H and O–H groups in total. The summed E-state index contributed by atoms with van der Waals surface area (Å²) in [5.74, 6) is 2.07. The number of anilines is 3. The summed E-state index contributed by atoms with van der Waals surface area (Å²) >= 11 is 0. The summed E-state index contributed by atoms with van der Waals surface area (Å²) in [7, 11) is 1.65. The van der Waals surface area contributed by atoms with Gasteiger partial charge in [-0.15, -0.1) is 0 Å². The Morgan fingerprint density at radius 3 is 2.75 bits per heavy atom. The number of nitrogens with one attached hydrogen (secondary N) is 2.